The number of aliphatic hydroxyl groups excluding tert-OH is 1. The molecule has 0 bridgehead atoms. The molecule has 7 atom stereocenters. The molecule has 5 heterocycles. The summed E-state index contributed by atoms with van der Waals surface area (Å²) >= 11 is 0. The van der Waals surface area contributed by atoms with Gasteiger partial charge in [0.05, 0.1) is 5.54 Å². The first-order chi connectivity index (χ1) is 13.9. The lowest BCUT2D eigenvalue weighted by Crippen LogP contribution is -2.69. The van der Waals surface area contributed by atoms with Gasteiger partial charge < -0.3 is 32.5 Å². The lowest BCUT2D eigenvalue weighted by atomic mass is 9.72. The Kier molecular flexibility index (Phi) is 2.91. The largest absolute Gasteiger partial charge is 0.370 e. The van der Waals surface area contributed by atoms with Crippen molar-refractivity contribution in [2.75, 3.05) is 13.1 Å². The van der Waals surface area contributed by atoms with Gasteiger partial charge in [-0.05, 0) is 36.4 Å². The Hall–Kier alpha value is -2.92. The normalized spacial score (nSPS) is 44.1. The fourth-order valence-corrected chi connectivity index (χ4v) is 6.70. The summed E-state index contributed by atoms with van der Waals surface area (Å²) in [5, 5.41) is 14.3. The molecular weight excluding hydrogens is 374 g/mol. The fraction of sp³-hybridized carbons (Fsp3) is 0.556. The minimum atomic E-state index is -1.13. The summed E-state index contributed by atoms with van der Waals surface area (Å²) in [7, 11) is 0. The highest BCUT2D eigenvalue weighted by molar-refractivity contribution is 6.15. The quantitative estimate of drug-likeness (QED) is 0.355. The Morgan fingerprint density at radius 1 is 1.41 bits per heavy atom. The van der Waals surface area contributed by atoms with Crippen molar-refractivity contribution in [1.29, 1.82) is 0 Å². The molecular formula is C18H23N9O2. The van der Waals surface area contributed by atoms with Crippen molar-refractivity contribution in [3.63, 3.8) is 0 Å². The molecule has 1 saturated carbocycles. The van der Waals surface area contributed by atoms with Gasteiger partial charge in [-0.1, -0.05) is 6.92 Å². The molecule has 0 radical (unpaired) electrons. The number of aliphatic hydroxyl groups is 1. The summed E-state index contributed by atoms with van der Waals surface area (Å²) < 4.78 is 1.75. The molecule has 1 unspecified atom stereocenters. The van der Waals surface area contributed by atoms with E-state index in [0.717, 1.165) is 0 Å². The summed E-state index contributed by atoms with van der Waals surface area (Å²) in [4.78, 5) is 28.7. The van der Waals surface area contributed by atoms with Crippen molar-refractivity contribution in [3.05, 3.63) is 24.0 Å². The number of hydrogen-bond donors (Lipinski definition) is 5. The van der Waals surface area contributed by atoms with Crippen LogP contribution in [-0.2, 0) is 0 Å². The second-order valence-corrected chi connectivity index (χ2v) is 8.59. The fourth-order valence-electron chi connectivity index (χ4n) is 6.70. The highest BCUT2D eigenvalue weighted by Gasteiger charge is 2.77. The van der Waals surface area contributed by atoms with Crippen LogP contribution < -0.4 is 22.5 Å². The Balaban J connectivity index is 1.63. The van der Waals surface area contributed by atoms with Crippen molar-refractivity contribution in [2.24, 2.45) is 55.8 Å². The van der Waals surface area contributed by atoms with Crippen LogP contribution in [0.1, 0.15) is 17.4 Å². The third kappa shape index (κ3) is 1.61. The van der Waals surface area contributed by atoms with Crippen LogP contribution in [-0.4, -0.2) is 68.8 Å². The Bertz CT molecular complexity index is 1040. The summed E-state index contributed by atoms with van der Waals surface area (Å²) in [5.74, 6) is 0.331. The van der Waals surface area contributed by atoms with E-state index in [-0.39, 0.29) is 41.5 Å². The second kappa shape index (κ2) is 4.97. The maximum absolute atomic E-state index is 13.4. The van der Waals surface area contributed by atoms with E-state index in [1.54, 1.807) is 27.8 Å². The smallest absolute Gasteiger partial charge is 0.273 e. The average Bonchev–Trinajstić information content (AvgIpc) is 3.42. The number of rotatable bonds is 1. The maximum Gasteiger partial charge on any atom is 0.273 e. The molecule has 0 aromatic carbocycles. The number of nitrogens with zero attached hydrogens (tertiary/aromatic N) is 5. The molecule has 2 fully saturated rings. The number of amides is 1. The first kappa shape index (κ1) is 17.0. The van der Waals surface area contributed by atoms with Gasteiger partial charge in [0.1, 0.15) is 5.69 Å². The van der Waals surface area contributed by atoms with Crippen molar-refractivity contribution in [1.82, 2.24) is 14.8 Å². The SMILES string of the molecule is C[C@H]1[C@@H](CN)[C@H]2CN3C(=O)c4cccn4C4=NC(N)=NC43[C@H]2[C@@]12NC(N)=N[C@@H]2O. The number of aromatic nitrogens is 1. The van der Waals surface area contributed by atoms with E-state index in [1.807, 2.05) is 6.92 Å². The number of carbonyl (C=O) groups is 1. The summed E-state index contributed by atoms with van der Waals surface area (Å²) in [6, 6.07) is 3.57. The van der Waals surface area contributed by atoms with Gasteiger partial charge in [0.25, 0.3) is 5.91 Å². The molecule has 5 aliphatic rings. The Morgan fingerprint density at radius 3 is 2.90 bits per heavy atom. The lowest BCUT2D eigenvalue weighted by molar-refractivity contribution is 0.00631. The van der Waals surface area contributed by atoms with E-state index in [4.69, 9.17) is 22.2 Å². The molecule has 2 spiro atoms. The van der Waals surface area contributed by atoms with E-state index < -0.39 is 17.4 Å². The Labute approximate surface area is 166 Å². The molecule has 152 valence electrons. The molecule has 11 heteroatoms. The number of nitrogens with two attached hydrogens (primary N) is 3. The van der Waals surface area contributed by atoms with Gasteiger partial charge in [-0.15, -0.1) is 0 Å². The molecule has 1 aromatic heterocycles. The van der Waals surface area contributed by atoms with Crippen molar-refractivity contribution in [2.45, 2.75) is 24.4 Å². The number of guanidine groups is 2. The van der Waals surface area contributed by atoms with Crippen LogP contribution in [0.4, 0.5) is 0 Å². The zero-order chi connectivity index (χ0) is 20.3. The molecule has 1 aliphatic carbocycles. The lowest BCUT2D eigenvalue weighted by Gasteiger charge is -2.48. The molecule has 1 amide bonds. The van der Waals surface area contributed by atoms with Crippen LogP contribution in [0.2, 0.25) is 0 Å². The van der Waals surface area contributed by atoms with Gasteiger partial charge >= 0.3 is 0 Å². The predicted molar refractivity (Wildman–Crippen MR) is 105 cm³/mol. The molecule has 1 saturated heterocycles. The molecule has 6 rings (SSSR count). The van der Waals surface area contributed by atoms with Gasteiger partial charge in [0.15, 0.2) is 18.0 Å². The van der Waals surface area contributed by atoms with Gasteiger partial charge in [0.2, 0.25) is 11.6 Å². The molecule has 8 N–H and O–H groups in total. The molecule has 1 aromatic rings. The minimum Gasteiger partial charge on any atom is -0.370 e. The van der Waals surface area contributed by atoms with Gasteiger partial charge in [-0.3, -0.25) is 9.36 Å². The maximum atomic E-state index is 13.4. The van der Waals surface area contributed by atoms with Crippen LogP contribution in [0, 0.1) is 23.7 Å². The molecule has 4 aliphatic heterocycles. The van der Waals surface area contributed by atoms with Gasteiger partial charge in [-0.25, -0.2) is 9.98 Å². The van der Waals surface area contributed by atoms with E-state index >= 15 is 0 Å². The zero-order valence-electron chi connectivity index (χ0n) is 15.9. The Morgan fingerprint density at radius 2 is 2.21 bits per heavy atom. The third-order valence-electron chi connectivity index (χ3n) is 7.71. The van der Waals surface area contributed by atoms with Crippen LogP contribution in [0.5, 0.6) is 0 Å². The first-order valence-corrected chi connectivity index (χ1v) is 9.80. The number of fused-ring (bicyclic) bond motifs is 4. The van der Waals surface area contributed by atoms with E-state index in [2.05, 4.69) is 15.3 Å². The van der Waals surface area contributed by atoms with Crippen LogP contribution >= 0.6 is 0 Å². The molecule has 11 nitrogen and oxygen atoms in total. The van der Waals surface area contributed by atoms with Crippen LogP contribution in [0.25, 0.3) is 0 Å². The molecule has 29 heavy (non-hydrogen) atoms. The zero-order valence-corrected chi connectivity index (χ0v) is 15.9. The number of nitrogens with one attached hydrogen (secondary N) is 1. The topological polar surface area (TPSA) is 173 Å². The highest BCUT2D eigenvalue weighted by atomic mass is 16.3. The average molecular weight is 397 g/mol. The second-order valence-electron chi connectivity index (χ2n) is 8.59. The third-order valence-corrected chi connectivity index (χ3v) is 7.71. The number of carbonyl (C=O) groups excluding carboxylic acids is 1. The van der Waals surface area contributed by atoms with E-state index in [9.17, 15) is 9.90 Å². The first-order valence-electron chi connectivity index (χ1n) is 9.80. The monoisotopic (exact) mass is 397 g/mol. The minimum absolute atomic E-state index is 0.0216. The van der Waals surface area contributed by atoms with Crippen molar-refractivity contribution >= 4 is 23.7 Å². The standard InChI is InChI=1S/C18H23N9O2/c1-7-8(5-19)9-6-27-12(28)10-3-2-4-26(10)13-18(27,25-15(20)22-13)11(9)17(7)14(29)23-16(21)24-17/h2-4,7-9,11,14,29H,5-6,19H2,1H3,(H2,20,25)(H3,21,23,24)/t7-,8+,9+,11+,14+,17-,18?/m0/s1. The predicted octanol–water partition coefficient (Wildman–Crippen LogP) is -2.34. The summed E-state index contributed by atoms with van der Waals surface area (Å²) in [5.41, 5.74) is 16.7. The van der Waals surface area contributed by atoms with Crippen molar-refractivity contribution in [3.8, 4) is 0 Å². The van der Waals surface area contributed by atoms with Crippen LogP contribution in [0.3, 0.4) is 0 Å². The number of hydrogen-bond acceptors (Lipinski definition) is 9. The van der Waals surface area contributed by atoms with Gasteiger partial charge in [0, 0.05) is 18.7 Å². The van der Waals surface area contributed by atoms with E-state index in [0.29, 0.717) is 24.6 Å². The highest BCUT2D eigenvalue weighted by Crippen LogP contribution is 2.62. The van der Waals surface area contributed by atoms with Crippen LogP contribution in [0.15, 0.2) is 33.3 Å². The summed E-state index contributed by atoms with van der Waals surface area (Å²) in [6.45, 7) is 2.91. The van der Waals surface area contributed by atoms with Gasteiger partial charge in [-0.2, -0.15) is 4.99 Å². The van der Waals surface area contributed by atoms with Crippen molar-refractivity contribution < 1.29 is 9.90 Å². The van der Waals surface area contributed by atoms with E-state index in [1.165, 1.54) is 0 Å². The summed E-state index contributed by atoms with van der Waals surface area (Å²) in [6.07, 6.45) is 0.705. The number of aliphatic imine (C=N–C) groups is 3.